The van der Waals surface area contributed by atoms with Gasteiger partial charge in [-0.3, -0.25) is 4.79 Å². The highest BCUT2D eigenvalue weighted by atomic mass is 19.4. The maximum atomic E-state index is 12.7. The van der Waals surface area contributed by atoms with Gasteiger partial charge in [0, 0.05) is 24.1 Å². The molecule has 2 heterocycles. The fourth-order valence-electron chi connectivity index (χ4n) is 2.86. The highest BCUT2D eigenvalue weighted by Gasteiger charge is 2.38. The molecule has 1 unspecified atom stereocenters. The van der Waals surface area contributed by atoms with Crippen LogP contribution in [-0.2, 0) is 6.18 Å². The summed E-state index contributed by atoms with van der Waals surface area (Å²) in [6.07, 6.45) is -3.62. The number of fused-ring (bicyclic) bond motifs is 3. The molecule has 3 rings (SSSR count). The molecule has 2 aliphatic heterocycles. The van der Waals surface area contributed by atoms with E-state index in [9.17, 15) is 18.0 Å². The molecule has 1 amide bonds. The van der Waals surface area contributed by atoms with E-state index in [1.807, 2.05) is 0 Å². The van der Waals surface area contributed by atoms with Crippen LogP contribution < -0.4 is 10.6 Å². The number of amides is 1. The number of halogens is 3. The Kier molecular flexibility index (Phi) is 2.78. The zero-order valence-electron chi connectivity index (χ0n) is 10.1. The van der Waals surface area contributed by atoms with Crippen LogP contribution >= 0.6 is 0 Å². The van der Waals surface area contributed by atoms with Crippen molar-refractivity contribution in [1.82, 2.24) is 10.6 Å². The summed E-state index contributed by atoms with van der Waals surface area (Å²) in [5.41, 5.74) is 0.0948. The minimum absolute atomic E-state index is 0.0259. The number of carbonyl (C=O) groups is 1. The molecule has 1 aromatic carbocycles. The van der Waals surface area contributed by atoms with Crippen LogP contribution in [0.3, 0.4) is 0 Å². The smallest absolute Gasteiger partial charge is 0.349 e. The molecular formula is C13H13F3N2O. The van der Waals surface area contributed by atoms with Crippen molar-refractivity contribution in [1.29, 1.82) is 0 Å². The van der Waals surface area contributed by atoms with Gasteiger partial charge in [0.15, 0.2) is 0 Å². The molecule has 102 valence electrons. The van der Waals surface area contributed by atoms with Crippen molar-refractivity contribution in [3.63, 3.8) is 0 Å². The Balaban J connectivity index is 2.05. The molecule has 0 spiro atoms. The molecule has 1 saturated heterocycles. The van der Waals surface area contributed by atoms with Crippen LogP contribution in [-0.4, -0.2) is 25.0 Å². The number of benzene rings is 1. The Morgan fingerprint density at radius 1 is 1.26 bits per heavy atom. The number of carbonyl (C=O) groups excluding carboxylic acids is 1. The van der Waals surface area contributed by atoms with E-state index >= 15 is 0 Å². The first-order valence-electron chi connectivity index (χ1n) is 6.19. The number of alkyl halides is 3. The number of hydrogen-bond acceptors (Lipinski definition) is 2. The van der Waals surface area contributed by atoms with Crippen molar-refractivity contribution in [3.8, 4) is 0 Å². The van der Waals surface area contributed by atoms with E-state index in [0.29, 0.717) is 12.1 Å². The summed E-state index contributed by atoms with van der Waals surface area (Å²) in [7, 11) is 0. The minimum atomic E-state index is -4.42. The first kappa shape index (κ1) is 12.5. The first-order valence-corrected chi connectivity index (χ1v) is 6.19. The Hall–Kier alpha value is -1.56. The van der Waals surface area contributed by atoms with E-state index < -0.39 is 17.6 Å². The Bertz CT molecular complexity index is 527. The van der Waals surface area contributed by atoms with Crippen molar-refractivity contribution < 1.29 is 18.0 Å². The largest absolute Gasteiger partial charge is 0.416 e. The van der Waals surface area contributed by atoms with Crippen LogP contribution in [0.1, 0.15) is 33.8 Å². The highest BCUT2D eigenvalue weighted by Crippen LogP contribution is 2.35. The molecule has 0 bridgehead atoms. The molecule has 1 fully saturated rings. The van der Waals surface area contributed by atoms with Gasteiger partial charge in [0.1, 0.15) is 0 Å². The number of rotatable bonds is 0. The summed E-state index contributed by atoms with van der Waals surface area (Å²) in [6.45, 7) is 1.50. The summed E-state index contributed by atoms with van der Waals surface area (Å²) < 4.78 is 38.0. The summed E-state index contributed by atoms with van der Waals surface area (Å²) >= 11 is 0. The first-order chi connectivity index (χ1) is 8.97. The van der Waals surface area contributed by atoms with Crippen molar-refractivity contribution >= 4 is 5.91 Å². The quantitative estimate of drug-likeness (QED) is 0.756. The molecule has 0 radical (unpaired) electrons. The maximum Gasteiger partial charge on any atom is 0.416 e. The molecule has 0 aromatic heterocycles. The van der Waals surface area contributed by atoms with E-state index in [0.717, 1.165) is 25.1 Å². The zero-order chi connectivity index (χ0) is 13.6. The Labute approximate surface area is 108 Å². The van der Waals surface area contributed by atoms with Gasteiger partial charge in [-0.05, 0) is 30.7 Å². The number of hydrogen-bond donors (Lipinski definition) is 2. The Morgan fingerprint density at radius 3 is 2.79 bits per heavy atom. The summed E-state index contributed by atoms with van der Waals surface area (Å²) in [5.74, 6) is -0.340. The van der Waals surface area contributed by atoms with Gasteiger partial charge >= 0.3 is 6.18 Å². The van der Waals surface area contributed by atoms with Gasteiger partial charge < -0.3 is 10.6 Å². The fraction of sp³-hybridized carbons (Fsp3) is 0.462. The lowest BCUT2D eigenvalue weighted by Crippen LogP contribution is -2.51. The second kappa shape index (κ2) is 4.23. The fourth-order valence-corrected chi connectivity index (χ4v) is 2.86. The predicted octanol–water partition coefficient (Wildman–Crippen LogP) is 1.89. The van der Waals surface area contributed by atoms with E-state index in [1.54, 1.807) is 0 Å². The van der Waals surface area contributed by atoms with Gasteiger partial charge in [0.05, 0.1) is 5.56 Å². The molecule has 2 aliphatic rings. The second-order valence-electron chi connectivity index (χ2n) is 4.98. The third-order valence-corrected chi connectivity index (χ3v) is 3.82. The molecule has 19 heavy (non-hydrogen) atoms. The standard InChI is InChI=1S/C13H13F3N2O/c14-13(15,16)7-1-2-8-9(5-7)12(19)18-11-3-4-17-6-10(8)11/h1-2,5,10-11,17H,3-4,6H2,(H,18,19)/t10?,11-/m1/s1. The van der Waals surface area contributed by atoms with Gasteiger partial charge in [-0.2, -0.15) is 13.2 Å². The monoisotopic (exact) mass is 270 g/mol. The van der Waals surface area contributed by atoms with Gasteiger partial charge in [0.2, 0.25) is 0 Å². The third kappa shape index (κ3) is 2.10. The molecule has 1 aromatic rings. The van der Waals surface area contributed by atoms with Gasteiger partial charge in [0.25, 0.3) is 5.91 Å². The predicted molar refractivity (Wildman–Crippen MR) is 62.9 cm³/mol. The minimum Gasteiger partial charge on any atom is -0.349 e. The average Bonchev–Trinajstić information content (AvgIpc) is 2.37. The SMILES string of the molecule is O=C1N[C@@H]2CCNCC2c2ccc(C(F)(F)F)cc21. The molecule has 2 atom stereocenters. The lowest BCUT2D eigenvalue weighted by atomic mass is 9.80. The summed E-state index contributed by atoms with van der Waals surface area (Å²) in [4.78, 5) is 11.9. The lowest BCUT2D eigenvalue weighted by molar-refractivity contribution is -0.137. The van der Waals surface area contributed by atoms with Crippen LogP contribution in [0.15, 0.2) is 18.2 Å². The topological polar surface area (TPSA) is 41.1 Å². The van der Waals surface area contributed by atoms with Crippen LogP contribution in [0, 0.1) is 0 Å². The molecular weight excluding hydrogens is 257 g/mol. The van der Waals surface area contributed by atoms with E-state index in [2.05, 4.69) is 10.6 Å². The number of piperidine rings is 1. The van der Waals surface area contributed by atoms with Gasteiger partial charge in [-0.15, -0.1) is 0 Å². The van der Waals surface area contributed by atoms with Crippen LogP contribution in [0.5, 0.6) is 0 Å². The summed E-state index contributed by atoms with van der Waals surface area (Å²) in [6, 6.07) is 3.48. The summed E-state index contributed by atoms with van der Waals surface area (Å²) in [5, 5.41) is 6.02. The molecule has 2 N–H and O–H groups in total. The third-order valence-electron chi connectivity index (χ3n) is 3.82. The number of nitrogens with one attached hydrogen (secondary N) is 2. The van der Waals surface area contributed by atoms with Crippen LogP contribution in [0.25, 0.3) is 0 Å². The molecule has 0 saturated carbocycles. The van der Waals surface area contributed by atoms with Crippen molar-refractivity contribution in [2.75, 3.05) is 13.1 Å². The Morgan fingerprint density at radius 2 is 2.05 bits per heavy atom. The van der Waals surface area contributed by atoms with Gasteiger partial charge in [-0.25, -0.2) is 0 Å². The van der Waals surface area contributed by atoms with Crippen LogP contribution in [0.2, 0.25) is 0 Å². The maximum absolute atomic E-state index is 12.7. The lowest BCUT2D eigenvalue weighted by Gasteiger charge is -2.38. The van der Waals surface area contributed by atoms with Gasteiger partial charge in [-0.1, -0.05) is 6.07 Å². The highest BCUT2D eigenvalue weighted by molar-refractivity contribution is 5.97. The van der Waals surface area contributed by atoms with E-state index in [4.69, 9.17) is 0 Å². The molecule has 0 aliphatic carbocycles. The van der Waals surface area contributed by atoms with Crippen molar-refractivity contribution in [3.05, 3.63) is 34.9 Å². The molecule has 3 nitrogen and oxygen atoms in total. The van der Waals surface area contributed by atoms with Crippen LogP contribution in [0.4, 0.5) is 13.2 Å². The molecule has 6 heteroatoms. The zero-order valence-corrected chi connectivity index (χ0v) is 10.1. The van der Waals surface area contributed by atoms with Crippen molar-refractivity contribution in [2.24, 2.45) is 0 Å². The van der Waals surface area contributed by atoms with E-state index in [-0.39, 0.29) is 17.5 Å². The average molecular weight is 270 g/mol. The normalized spacial score (nSPS) is 26.4. The second-order valence-corrected chi connectivity index (χ2v) is 4.98. The van der Waals surface area contributed by atoms with Crippen molar-refractivity contribution in [2.45, 2.75) is 24.6 Å². The van der Waals surface area contributed by atoms with E-state index in [1.165, 1.54) is 6.07 Å².